The number of fused-ring (bicyclic) bond motifs is 2. The number of nitrogens with two attached hydrogens (primary N) is 1. The first kappa shape index (κ1) is 15.4. The van der Waals surface area contributed by atoms with Crippen LogP contribution in [0.4, 0.5) is 0 Å². The summed E-state index contributed by atoms with van der Waals surface area (Å²) in [6.07, 6.45) is 0. The van der Waals surface area contributed by atoms with Gasteiger partial charge < -0.3 is 16.4 Å². The van der Waals surface area contributed by atoms with Crippen LogP contribution in [0.5, 0.6) is 0 Å². The molecule has 0 atom stereocenters. The minimum Gasteiger partial charge on any atom is -0.351 e. The molecule has 0 saturated heterocycles. The smallest absolute Gasteiger partial charge is 0.253 e. The van der Waals surface area contributed by atoms with Gasteiger partial charge in [0.15, 0.2) is 0 Å². The highest BCUT2D eigenvalue weighted by Gasteiger charge is 2.11. The monoisotopic (exact) mass is 308 g/mol. The Kier molecular flexibility index (Phi) is 4.80. The maximum atomic E-state index is 12.4. The summed E-state index contributed by atoms with van der Waals surface area (Å²) >= 11 is 0. The van der Waals surface area contributed by atoms with Crippen molar-refractivity contribution in [2.45, 2.75) is 0 Å². The molecule has 4 N–H and O–H groups in total. The second kappa shape index (κ2) is 7.17. The van der Waals surface area contributed by atoms with Crippen LogP contribution in [-0.4, -0.2) is 37.1 Å². The van der Waals surface area contributed by atoms with Gasteiger partial charge in [-0.1, -0.05) is 30.3 Å². The third-order valence-electron chi connectivity index (χ3n) is 3.70. The van der Waals surface area contributed by atoms with E-state index >= 15 is 0 Å². The number of rotatable bonds is 6. The molecule has 0 radical (unpaired) electrons. The quantitative estimate of drug-likeness (QED) is 0.478. The molecule has 0 unspecified atom stereocenters. The first-order valence-corrected chi connectivity index (χ1v) is 7.77. The molecule has 1 amide bonds. The Hall–Kier alpha value is -2.50. The summed E-state index contributed by atoms with van der Waals surface area (Å²) in [5.41, 5.74) is 7.64. The number of carbonyl (C=O) groups is 1. The Balaban J connectivity index is 1.85. The molecule has 118 valence electrons. The number of aromatic nitrogens is 1. The van der Waals surface area contributed by atoms with E-state index in [1.165, 1.54) is 0 Å². The molecular formula is C18H20N4O. The number of carbonyl (C=O) groups excluding carboxylic acids is 1. The average molecular weight is 308 g/mol. The summed E-state index contributed by atoms with van der Waals surface area (Å²) in [4.78, 5) is 17.1. The molecule has 0 spiro atoms. The molecule has 0 fully saturated rings. The van der Waals surface area contributed by atoms with Crippen molar-refractivity contribution < 1.29 is 4.79 Å². The molecule has 2 aromatic carbocycles. The van der Waals surface area contributed by atoms with Crippen molar-refractivity contribution in [3.8, 4) is 0 Å². The maximum Gasteiger partial charge on any atom is 0.253 e. The zero-order valence-corrected chi connectivity index (χ0v) is 12.9. The fourth-order valence-corrected chi connectivity index (χ4v) is 2.57. The van der Waals surface area contributed by atoms with Gasteiger partial charge >= 0.3 is 0 Å². The minimum atomic E-state index is -0.104. The van der Waals surface area contributed by atoms with Gasteiger partial charge in [-0.2, -0.15) is 0 Å². The highest BCUT2D eigenvalue weighted by atomic mass is 16.1. The number of amides is 1. The zero-order valence-electron chi connectivity index (χ0n) is 12.9. The standard InChI is InChI=1S/C18H20N4O/c19-8-9-20-10-11-21-18(23)15-6-3-5-14-12-13-4-1-2-7-16(13)22-17(14)15/h1-7,12,20H,8-11,19H2,(H,21,23). The number of nitrogens with one attached hydrogen (secondary N) is 2. The van der Waals surface area contributed by atoms with Gasteiger partial charge in [-0.05, 0) is 18.2 Å². The van der Waals surface area contributed by atoms with Gasteiger partial charge in [-0.3, -0.25) is 4.79 Å². The second-order valence-corrected chi connectivity index (χ2v) is 5.35. The van der Waals surface area contributed by atoms with E-state index in [9.17, 15) is 4.79 Å². The minimum absolute atomic E-state index is 0.104. The molecule has 5 heteroatoms. The molecule has 0 saturated carbocycles. The Morgan fingerprint density at radius 3 is 2.70 bits per heavy atom. The lowest BCUT2D eigenvalue weighted by molar-refractivity contribution is 0.0955. The van der Waals surface area contributed by atoms with E-state index in [1.54, 1.807) is 0 Å². The largest absolute Gasteiger partial charge is 0.351 e. The molecular weight excluding hydrogens is 288 g/mol. The summed E-state index contributed by atoms with van der Waals surface area (Å²) in [5, 5.41) is 8.11. The van der Waals surface area contributed by atoms with Crippen LogP contribution < -0.4 is 16.4 Å². The summed E-state index contributed by atoms with van der Waals surface area (Å²) in [6, 6.07) is 15.7. The van der Waals surface area contributed by atoms with E-state index in [0.717, 1.165) is 28.4 Å². The lowest BCUT2D eigenvalue weighted by Crippen LogP contribution is -2.33. The van der Waals surface area contributed by atoms with Crippen LogP contribution >= 0.6 is 0 Å². The van der Waals surface area contributed by atoms with Crippen LogP contribution in [0.15, 0.2) is 48.5 Å². The van der Waals surface area contributed by atoms with Crippen molar-refractivity contribution in [2.24, 2.45) is 5.73 Å². The molecule has 0 aliphatic heterocycles. The normalized spacial score (nSPS) is 11.0. The number of hydrogen-bond donors (Lipinski definition) is 3. The lowest BCUT2D eigenvalue weighted by atomic mass is 10.1. The fourth-order valence-electron chi connectivity index (χ4n) is 2.57. The van der Waals surface area contributed by atoms with E-state index in [1.807, 2.05) is 42.5 Å². The van der Waals surface area contributed by atoms with Gasteiger partial charge in [0.2, 0.25) is 0 Å². The Bertz CT molecular complexity index is 831. The van der Waals surface area contributed by atoms with Crippen molar-refractivity contribution in [1.29, 1.82) is 0 Å². The van der Waals surface area contributed by atoms with Crippen molar-refractivity contribution in [1.82, 2.24) is 15.6 Å². The predicted molar refractivity (Wildman–Crippen MR) is 93.5 cm³/mol. The molecule has 1 aromatic heterocycles. The van der Waals surface area contributed by atoms with Crippen molar-refractivity contribution >= 4 is 27.7 Å². The van der Waals surface area contributed by atoms with Crippen LogP contribution in [0.3, 0.4) is 0 Å². The summed E-state index contributed by atoms with van der Waals surface area (Å²) in [7, 11) is 0. The van der Waals surface area contributed by atoms with Crippen LogP contribution in [-0.2, 0) is 0 Å². The van der Waals surface area contributed by atoms with Gasteiger partial charge in [-0.15, -0.1) is 0 Å². The van der Waals surface area contributed by atoms with Crippen molar-refractivity contribution in [3.63, 3.8) is 0 Å². The third-order valence-corrected chi connectivity index (χ3v) is 3.70. The maximum absolute atomic E-state index is 12.4. The summed E-state index contributed by atoms with van der Waals surface area (Å²) < 4.78 is 0. The molecule has 3 rings (SSSR count). The Morgan fingerprint density at radius 1 is 1.00 bits per heavy atom. The summed E-state index contributed by atoms with van der Waals surface area (Å²) in [6.45, 7) is 2.60. The zero-order chi connectivity index (χ0) is 16.1. The average Bonchev–Trinajstić information content (AvgIpc) is 2.59. The number of nitrogens with zero attached hydrogens (tertiary/aromatic N) is 1. The Labute approximate surface area is 134 Å². The van der Waals surface area contributed by atoms with Gasteiger partial charge in [0.25, 0.3) is 5.91 Å². The van der Waals surface area contributed by atoms with E-state index in [4.69, 9.17) is 5.73 Å². The van der Waals surface area contributed by atoms with Crippen LogP contribution in [0.25, 0.3) is 21.8 Å². The number of hydrogen-bond acceptors (Lipinski definition) is 4. The van der Waals surface area contributed by atoms with Crippen LogP contribution in [0, 0.1) is 0 Å². The van der Waals surface area contributed by atoms with Gasteiger partial charge in [0.1, 0.15) is 0 Å². The molecule has 0 bridgehead atoms. The van der Waals surface area contributed by atoms with Gasteiger partial charge in [0.05, 0.1) is 16.6 Å². The van der Waals surface area contributed by atoms with E-state index in [0.29, 0.717) is 25.2 Å². The predicted octanol–water partition coefficient (Wildman–Crippen LogP) is 1.67. The molecule has 3 aromatic rings. The highest BCUT2D eigenvalue weighted by molar-refractivity contribution is 6.07. The fraction of sp³-hybridized carbons (Fsp3) is 0.222. The second-order valence-electron chi connectivity index (χ2n) is 5.35. The van der Waals surface area contributed by atoms with E-state index in [-0.39, 0.29) is 5.91 Å². The molecule has 0 aliphatic carbocycles. The van der Waals surface area contributed by atoms with E-state index in [2.05, 4.69) is 21.7 Å². The molecule has 0 aliphatic rings. The van der Waals surface area contributed by atoms with Gasteiger partial charge in [-0.25, -0.2) is 4.98 Å². The molecule has 23 heavy (non-hydrogen) atoms. The van der Waals surface area contributed by atoms with Crippen molar-refractivity contribution in [3.05, 3.63) is 54.1 Å². The summed E-state index contributed by atoms with van der Waals surface area (Å²) in [5.74, 6) is -0.104. The van der Waals surface area contributed by atoms with Crippen LogP contribution in [0.1, 0.15) is 10.4 Å². The van der Waals surface area contributed by atoms with Crippen molar-refractivity contribution in [2.75, 3.05) is 26.2 Å². The topological polar surface area (TPSA) is 80.0 Å². The van der Waals surface area contributed by atoms with E-state index < -0.39 is 0 Å². The SMILES string of the molecule is NCCNCCNC(=O)c1cccc2cc3ccccc3nc12. The van der Waals surface area contributed by atoms with Crippen LogP contribution in [0.2, 0.25) is 0 Å². The number of benzene rings is 2. The van der Waals surface area contributed by atoms with Gasteiger partial charge in [0, 0.05) is 37.0 Å². The highest BCUT2D eigenvalue weighted by Crippen LogP contribution is 2.22. The number of pyridine rings is 1. The third kappa shape index (κ3) is 3.47. The molecule has 1 heterocycles. The first-order chi connectivity index (χ1) is 11.3. The number of para-hydroxylation sites is 2. The molecule has 5 nitrogen and oxygen atoms in total. The first-order valence-electron chi connectivity index (χ1n) is 7.77. The Morgan fingerprint density at radius 2 is 1.83 bits per heavy atom. The lowest BCUT2D eigenvalue weighted by Gasteiger charge is -2.09.